The SMILES string of the molecule is COc1cc(O)c2c(c1)OC(c1ccc(N(C)C)cc1)CC2=O. The fourth-order valence-corrected chi connectivity index (χ4v) is 2.71. The zero-order valence-electron chi connectivity index (χ0n) is 13.4. The van der Waals surface area contributed by atoms with E-state index in [1.807, 2.05) is 43.3 Å². The summed E-state index contributed by atoms with van der Waals surface area (Å²) in [5.74, 6) is 0.580. The first-order valence-corrected chi connectivity index (χ1v) is 7.37. The van der Waals surface area contributed by atoms with E-state index in [2.05, 4.69) is 0 Å². The first-order valence-electron chi connectivity index (χ1n) is 7.37. The zero-order valence-corrected chi connectivity index (χ0v) is 13.4. The van der Waals surface area contributed by atoms with Crippen LogP contribution in [0.5, 0.6) is 17.2 Å². The van der Waals surface area contributed by atoms with E-state index in [1.54, 1.807) is 6.07 Å². The molecule has 0 spiro atoms. The molecule has 1 aliphatic rings. The molecule has 0 radical (unpaired) electrons. The topological polar surface area (TPSA) is 59.0 Å². The molecule has 1 unspecified atom stereocenters. The van der Waals surface area contributed by atoms with E-state index < -0.39 is 0 Å². The van der Waals surface area contributed by atoms with Gasteiger partial charge < -0.3 is 19.5 Å². The summed E-state index contributed by atoms with van der Waals surface area (Å²) in [6.07, 6.45) is -0.161. The number of methoxy groups -OCH3 is 1. The summed E-state index contributed by atoms with van der Waals surface area (Å²) in [6, 6.07) is 10.9. The van der Waals surface area contributed by atoms with Gasteiger partial charge in [-0.15, -0.1) is 0 Å². The number of phenolic OH excluding ortho intramolecular Hbond substituents is 1. The highest BCUT2D eigenvalue weighted by Crippen LogP contribution is 2.41. The maximum atomic E-state index is 12.4. The Hall–Kier alpha value is -2.69. The van der Waals surface area contributed by atoms with Gasteiger partial charge in [-0.3, -0.25) is 4.79 Å². The molecular formula is C18H19NO4. The lowest BCUT2D eigenvalue weighted by Gasteiger charge is -2.26. The predicted molar refractivity (Wildman–Crippen MR) is 87.7 cm³/mol. The van der Waals surface area contributed by atoms with Crippen molar-refractivity contribution < 1.29 is 19.4 Å². The van der Waals surface area contributed by atoms with Crippen molar-refractivity contribution in [2.45, 2.75) is 12.5 Å². The fraction of sp³-hybridized carbons (Fsp3) is 0.278. The van der Waals surface area contributed by atoms with Gasteiger partial charge in [-0.1, -0.05) is 12.1 Å². The first kappa shape index (κ1) is 15.2. The molecule has 0 fully saturated rings. The number of Topliss-reactive ketones (excluding diaryl/α,β-unsaturated/α-hetero) is 1. The number of anilines is 1. The summed E-state index contributed by atoms with van der Waals surface area (Å²) in [6.45, 7) is 0. The van der Waals surface area contributed by atoms with Crippen LogP contribution >= 0.6 is 0 Å². The number of phenols is 1. The lowest BCUT2D eigenvalue weighted by atomic mass is 9.95. The van der Waals surface area contributed by atoms with E-state index in [1.165, 1.54) is 13.2 Å². The van der Waals surface area contributed by atoms with E-state index in [4.69, 9.17) is 9.47 Å². The summed E-state index contributed by atoms with van der Waals surface area (Å²) in [5, 5.41) is 10.0. The number of aromatic hydroxyl groups is 1. The molecule has 3 rings (SSSR count). The molecule has 0 aliphatic carbocycles. The molecule has 23 heavy (non-hydrogen) atoms. The lowest BCUT2D eigenvalue weighted by molar-refractivity contribution is 0.0845. The van der Waals surface area contributed by atoms with E-state index in [0.717, 1.165) is 11.3 Å². The van der Waals surface area contributed by atoms with Crippen LogP contribution < -0.4 is 14.4 Å². The third kappa shape index (κ3) is 2.82. The molecule has 0 aromatic heterocycles. The minimum Gasteiger partial charge on any atom is -0.507 e. The van der Waals surface area contributed by atoms with E-state index in [0.29, 0.717) is 11.5 Å². The molecule has 0 amide bonds. The second kappa shape index (κ2) is 5.83. The summed E-state index contributed by atoms with van der Waals surface area (Å²) in [4.78, 5) is 14.4. The lowest BCUT2D eigenvalue weighted by Crippen LogP contribution is -2.20. The highest BCUT2D eigenvalue weighted by atomic mass is 16.5. The van der Waals surface area contributed by atoms with Gasteiger partial charge in [0.15, 0.2) is 5.78 Å². The van der Waals surface area contributed by atoms with Crippen molar-refractivity contribution in [3.8, 4) is 17.2 Å². The Bertz CT molecular complexity index is 737. The van der Waals surface area contributed by atoms with Crippen molar-refractivity contribution >= 4 is 11.5 Å². The highest BCUT2D eigenvalue weighted by Gasteiger charge is 2.30. The Labute approximate surface area is 135 Å². The minimum absolute atomic E-state index is 0.106. The van der Waals surface area contributed by atoms with Crippen LogP contribution in [0.4, 0.5) is 5.69 Å². The molecule has 1 heterocycles. The molecule has 1 N–H and O–H groups in total. The van der Waals surface area contributed by atoms with Crippen molar-refractivity contribution in [3.05, 3.63) is 47.5 Å². The standard InChI is InChI=1S/C18H19NO4/c1-19(2)12-6-4-11(5-7-12)16-10-15(21)18-14(20)8-13(22-3)9-17(18)23-16/h4-9,16,20H,10H2,1-3H3. The Morgan fingerprint density at radius 3 is 2.52 bits per heavy atom. The molecule has 1 aliphatic heterocycles. The average molecular weight is 313 g/mol. The summed E-state index contributed by atoms with van der Waals surface area (Å²) in [7, 11) is 5.45. The maximum absolute atomic E-state index is 12.4. The minimum atomic E-state index is -0.363. The Kier molecular flexibility index (Phi) is 3.86. The summed E-state index contributed by atoms with van der Waals surface area (Å²) in [5.41, 5.74) is 2.24. The molecule has 2 aromatic carbocycles. The Morgan fingerprint density at radius 1 is 1.22 bits per heavy atom. The molecule has 5 nitrogen and oxygen atoms in total. The smallest absolute Gasteiger partial charge is 0.174 e. The maximum Gasteiger partial charge on any atom is 0.174 e. The third-order valence-corrected chi connectivity index (χ3v) is 3.99. The first-order chi connectivity index (χ1) is 11.0. The van der Waals surface area contributed by atoms with Crippen molar-refractivity contribution in [2.24, 2.45) is 0 Å². The van der Waals surface area contributed by atoms with Crippen LogP contribution in [0.3, 0.4) is 0 Å². The Balaban J connectivity index is 1.93. The number of nitrogens with zero attached hydrogens (tertiary/aromatic N) is 1. The molecule has 1 atom stereocenters. The molecule has 2 aromatic rings. The quantitative estimate of drug-likeness (QED) is 0.943. The van der Waals surface area contributed by atoms with Gasteiger partial charge in [0.05, 0.1) is 13.5 Å². The number of fused-ring (bicyclic) bond motifs is 1. The average Bonchev–Trinajstić information content (AvgIpc) is 2.54. The van der Waals surface area contributed by atoms with Crippen LogP contribution in [-0.2, 0) is 0 Å². The van der Waals surface area contributed by atoms with Gasteiger partial charge in [-0.05, 0) is 17.7 Å². The number of carbonyl (C=O) groups is 1. The van der Waals surface area contributed by atoms with Crippen LogP contribution in [-0.4, -0.2) is 32.1 Å². The zero-order chi connectivity index (χ0) is 16.6. The number of carbonyl (C=O) groups excluding carboxylic acids is 1. The normalized spacial score (nSPS) is 16.5. The highest BCUT2D eigenvalue weighted by molar-refractivity contribution is 6.02. The molecular weight excluding hydrogens is 294 g/mol. The molecule has 0 saturated heterocycles. The van der Waals surface area contributed by atoms with Gasteiger partial charge >= 0.3 is 0 Å². The summed E-state index contributed by atoms with van der Waals surface area (Å²) >= 11 is 0. The molecule has 0 saturated carbocycles. The van der Waals surface area contributed by atoms with Crippen LogP contribution in [0, 0.1) is 0 Å². The van der Waals surface area contributed by atoms with E-state index >= 15 is 0 Å². The van der Waals surface area contributed by atoms with E-state index in [-0.39, 0.29) is 29.6 Å². The number of benzene rings is 2. The second-order valence-electron chi connectivity index (χ2n) is 5.74. The fourth-order valence-electron chi connectivity index (χ4n) is 2.71. The van der Waals surface area contributed by atoms with Gasteiger partial charge in [-0.2, -0.15) is 0 Å². The van der Waals surface area contributed by atoms with Crippen LogP contribution in [0.25, 0.3) is 0 Å². The van der Waals surface area contributed by atoms with Gasteiger partial charge in [0.2, 0.25) is 0 Å². The monoisotopic (exact) mass is 313 g/mol. The van der Waals surface area contributed by atoms with Gasteiger partial charge in [0.1, 0.15) is 28.9 Å². The summed E-state index contributed by atoms with van der Waals surface area (Å²) < 4.78 is 11.1. The van der Waals surface area contributed by atoms with Gasteiger partial charge in [0, 0.05) is 31.9 Å². The number of rotatable bonds is 3. The van der Waals surface area contributed by atoms with Gasteiger partial charge in [0.25, 0.3) is 0 Å². The number of ether oxygens (including phenoxy) is 2. The molecule has 120 valence electrons. The number of ketones is 1. The van der Waals surface area contributed by atoms with Crippen molar-refractivity contribution in [1.82, 2.24) is 0 Å². The second-order valence-corrected chi connectivity index (χ2v) is 5.74. The molecule has 5 heteroatoms. The van der Waals surface area contributed by atoms with Crippen molar-refractivity contribution in [2.75, 3.05) is 26.1 Å². The number of hydrogen-bond donors (Lipinski definition) is 1. The number of hydrogen-bond acceptors (Lipinski definition) is 5. The van der Waals surface area contributed by atoms with E-state index in [9.17, 15) is 9.90 Å². The predicted octanol–water partition coefficient (Wildman–Crippen LogP) is 3.17. The van der Waals surface area contributed by atoms with Crippen molar-refractivity contribution in [3.63, 3.8) is 0 Å². The van der Waals surface area contributed by atoms with Crippen molar-refractivity contribution in [1.29, 1.82) is 0 Å². The van der Waals surface area contributed by atoms with Gasteiger partial charge in [-0.25, -0.2) is 0 Å². The van der Waals surface area contributed by atoms with Crippen LogP contribution in [0.15, 0.2) is 36.4 Å². The van der Waals surface area contributed by atoms with Crippen LogP contribution in [0.1, 0.15) is 28.4 Å². The molecule has 0 bridgehead atoms. The third-order valence-electron chi connectivity index (χ3n) is 3.99. The Morgan fingerprint density at radius 2 is 1.91 bits per heavy atom. The van der Waals surface area contributed by atoms with Crippen LogP contribution in [0.2, 0.25) is 0 Å². The largest absolute Gasteiger partial charge is 0.507 e.